The molecule has 1 rings (SSSR count). The zero-order valence-corrected chi connectivity index (χ0v) is 14.8. The van der Waals surface area contributed by atoms with Gasteiger partial charge in [-0.05, 0) is 48.7 Å². The van der Waals surface area contributed by atoms with Crippen molar-refractivity contribution in [1.29, 1.82) is 0 Å². The van der Waals surface area contributed by atoms with Gasteiger partial charge in [0.2, 0.25) is 0 Å². The van der Waals surface area contributed by atoms with E-state index in [2.05, 4.69) is 74.1 Å². The van der Waals surface area contributed by atoms with Gasteiger partial charge in [0.25, 0.3) is 0 Å². The average Bonchev–Trinajstić information content (AvgIpc) is 2.23. The van der Waals surface area contributed by atoms with Crippen LogP contribution in [0.15, 0.2) is 28.7 Å². The SMILES string of the molecule is CC(C)(C)[Si](C)(C)OCCCc1cccc(Br)c1. The molecule has 0 aromatic heterocycles. The maximum atomic E-state index is 6.17. The fourth-order valence-corrected chi connectivity index (χ4v) is 3.05. The molecule has 0 spiro atoms. The van der Waals surface area contributed by atoms with E-state index in [1.807, 2.05) is 0 Å². The second-order valence-corrected chi connectivity index (χ2v) is 12.1. The monoisotopic (exact) mass is 328 g/mol. The normalized spacial score (nSPS) is 12.8. The Kier molecular flexibility index (Phi) is 5.62. The molecule has 0 atom stereocenters. The lowest BCUT2D eigenvalue weighted by molar-refractivity contribution is 0.282. The van der Waals surface area contributed by atoms with Gasteiger partial charge in [0.15, 0.2) is 8.32 Å². The van der Waals surface area contributed by atoms with Crippen molar-refractivity contribution in [3.8, 4) is 0 Å². The van der Waals surface area contributed by atoms with Crippen LogP contribution in [0.3, 0.4) is 0 Å². The van der Waals surface area contributed by atoms with E-state index < -0.39 is 8.32 Å². The maximum Gasteiger partial charge on any atom is 0.191 e. The molecule has 102 valence electrons. The zero-order chi connectivity index (χ0) is 13.8. The molecule has 0 bridgehead atoms. The van der Waals surface area contributed by atoms with Crippen LogP contribution in [0.1, 0.15) is 32.8 Å². The first-order valence-corrected chi connectivity index (χ1v) is 10.3. The van der Waals surface area contributed by atoms with E-state index in [0.717, 1.165) is 23.9 Å². The van der Waals surface area contributed by atoms with Crippen LogP contribution in [-0.4, -0.2) is 14.9 Å². The fourth-order valence-electron chi connectivity index (χ4n) is 1.51. The van der Waals surface area contributed by atoms with E-state index in [-0.39, 0.29) is 0 Å². The third-order valence-corrected chi connectivity index (χ3v) is 8.80. The van der Waals surface area contributed by atoms with E-state index >= 15 is 0 Å². The van der Waals surface area contributed by atoms with Crippen LogP contribution in [0.25, 0.3) is 0 Å². The van der Waals surface area contributed by atoms with E-state index in [9.17, 15) is 0 Å². The van der Waals surface area contributed by atoms with Gasteiger partial charge < -0.3 is 4.43 Å². The van der Waals surface area contributed by atoms with Crippen LogP contribution < -0.4 is 0 Å². The maximum absolute atomic E-state index is 6.17. The Hall–Kier alpha value is -0.123. The number of aryl methyl sites for hydroxylation is 1. The molecule has 18 heavy (non-hydrogen) atoms. The predicted octanol–water partition coefficient (Wildman–Crippen LogP) is 5.40. The van der Waals surface area contributed by atoms with Gasteiger partial charge >= 0.3 is 0 Å². The number of benzene rings is 1. The molecule has 0 heterocycles. The molecule has 0 radical (unpaired) electrons. The summed E-state index contributed by atoms with van der Waals surface area (Å²) in [6.45, 7) is 12.4. The summed E-state index contributed by atoms with van der Waals surface area (Å²) in [4.78, 5) is 0. The highest BCUT2D eigenvalue weighted by atomic mass is 79.9. The molecule has 0 aliphatic heterocycles. The van der Waals surface area contributed by atoms with Crippen LogP contribution in [0.5, 0.6) is 0 Å². The van der Waals surface area contributed by atoms with Gasteiger partial charge in [-0.3, -0.25) is 0 Å². The van der Waals surface area contributed by atoms with Crippen molar-refractivity contribution in [3.05, 3.63) is 34.3 Å². The van der Waals surface area contributed by atoms with Crippen molar-refractivity contribution in [2.75, 3.05) is 6.61 Å². The van der Waals surface area contributed by atoms with Crippen LogP contribution in [0.4, 0.5) is 0 Å². The summed E-state index contributed by atoms with van der Waals surface area (Å²) in [5.74, 6) is 0. The van der Waals surface area contributed by atoms with Gasteiger partial charge in [-0.2, -0.15) is 0 Å². The molecule has 0 aliphatic rings. The van der Waals surface area contributed by atoms with E-state index in [0.29, 0.717) is 5.04 Å². The molecule has 0 fully saturated rings. The van der Waals surface area contributed by atoms with Gasteiger partial charge in [-0.15, -0.1) is 0 Å². The van der Waals surface area contributed by atoms with E-state index in [1.54, 1.807) is 0 Å². The number of hydrogen-bond acceptors (Lipinski definition) is 1. The molecule has 1 aromatic carbocycles. The molecular formula is C15H25BrOSi. The molecular weight excluding hydrogens is 304 g/mol. The Morgan fingerprint density at radius 1 is 1.22 bits per heavy atom. The number of hydrogen-bond donors (Lipinski definition) is 0. The second kappa shape index (κ2) is 6.35. The highest BCUT2D eigenvalue weighted by Crippen LogP contribution is 2.36. The smallest absolute Gasteiger partial charge is 0.191 e. The minimum Gasteiger partial charge on any atom is -0.417 e. The summed E-state index contributed by atoms with van der Waals surface area (Å²) in [5.41, 5.74) is 1.38. The van der Waals surface area contributed by atoms with Gasteiger partial charge in [-0.1, -0.05) is 48.8 Å². The molecule has 1 nitrogen and oxygen atoms in total. The third-order valence-electron chi connectivity index (χ3n) is 3.77. The number of rotatable bonds is 5. The molecule has 0 saturated carbocycles. The Bertz CT molecular complexity index is 382. The lowest BCUT2D eigenvalue weighted by atomic mass is 10.1. The summed E-state index contributed by atoms with van der Waals surface area (Å²) in [6.07, 6.45) is 2.19. The summed E-state index contributed by atoms with van der Waals surface area (Å²) in [7, 11) is -1.56. The van der Waals surface area contributed by atoms with Gasteiger partial charge in [0.05, 0.1) is 0 Å². The summed E-state index contributed by atoms with van der Waals surface area (Å²) in [6, 6.07) is 8.52. The molecule has 0 unspecified atom stereocenters. The minimum atomic E-state index is -1.56. The molecule has 3 heteroatoms. The van der Waals surface area contributed by atoms with Crippen molar-refractivity contribution in [3.63, 3.8) is 0 Å². The standard InChI is InChI=1S/C15H25BrOSi/c1-15(2,3)18(4,5)17-11-7-9-13-8-6-10-14(16)12-13/h6,8,10,12H,7,9,11H2,1-5H3. The Balaban J connectivity index is 2.35. The van der Waals surface area contributed by atoms with Crippen molar-refractivity contribution in [2.45, 2.75) is 51.7 Å². The van der Waals surface area contributed by atoms with Crippen LogP contribution in [-0.2, 0) is 10.8 Å². The van der Waals surface area contributed by atoms with Gasteiger partial charge in [0.1, 0.15) is 0 Å². The van der Waals surface area contributed by atoms with E-state index in [1.165, 1.54) is 5.56 Å². The Labute approximate surface area is 121 Å². The lowest BCUT2D eigenvalue weighted by Gasteiger charge is -2.36. The second-order valence-electron chi connectivity index (χ2n) is 6.34. The molecule has 1 aromatic rings. The summed E-state index contributed by atoms with van der Waals surface area (Å²) in [5, 5.41) is 0.308. The van der Waals surface area contributed by atoms with Crippen molar-refractivity contribution in [2.24, 2.45) is 0 Å². The fraction of sp³-hybridized carbons (Fsp3) is 0.600. The van der Waals surface area contributed by atoms with Crippen molar-refractivity contribution < 1.29 is 4.43 Å². The van der Waals surface area contributed by atoms with Crippen molar-refractivity contribution in [1.82, 2.24) is 0 Å². The Morgan fingerprint density at radius 3 is 2.44 bits per heavy atom. The van der Waals surface area contributed by atoms with Crippen LogP contribution >= 0.6 is 15.9 Å². The first-order valence-electron chi connectivity index (χ1n) is 6.61. The highest BCUT2D eigenvalue weighted by molar-refractivity contribution is 9.10. The van der Waals surface area contributed by atoms with Crippen LogP contribution in [0.2, 0.25) is 18.1 Å². The minimum absolute atomic E-state index is 0.308. The first-order chi connectivity index (χ1) is 8.22. The highest BCUT2D eigenvalue weighted by Gasteiger charge is 2.36. The summed E-state index contributed by atoms with van der Waals surface area (Å²) < 4.78 is 7.33. The van der Waals surface area contributed by atoms with Crippen molar-refractivity contribution >= 4 is 24.2 Å². The van der Waals surface area contributed by atoms with Crippen LogP contribution in [0, 0.1) is 0 Å². The topological polar surface area (TPSA) is 9.23 Å². The van der Waals surface area contributed by atoms with E-state index in [4.69, 9.17) is 4.43 Å². The molecule has 0 saturated heterocycles. The molecule has 0 amide bonds. The lowest BCUT2D eigenvalue weighted by Crippen LogP contribution is -2.41. The predicted molar refractivity (Wildman–Crippen MR) is 85.6 cm³/mol. The summed E-state index contributed by atoms with van der Waals surface area (Å²) >= 11 is 3.50. The largest absolute Gasteiger partial charge is 0.417 e. The number of halogens is 1. The third kappa shape index (κ3) is 4.86. The Morgan fingerprint density at radius 2 is 1.89 bits per heavy atom. The van der Waals surface area contributed by atoms with Gasteiger partial charge in [0, 0.05) is 11.1 Å². The average molecular weight is 329 g/mol. The first kappa shape index (κ1) is 15.9. The molecule has 0 aliphatic carbocycles. The molecule has 0 N–H and O–H groups in total. The van der Waals surface area contributed by atoms with Gasteiger partial charge in [-0.25, -0.2) is 0 Å². The zero-order valence-electron chi connectivity index (χ0n) is 12.2. The quantitative estimate of drug-likeness (QED) is 0.519.